The number of carbonyl (C=O) groups excluding carboxylic acids is 1. The molecule has 0 radical (unpaired) electrons. The van der Waals surface area contributed by atoms with Crippen LogP contribution in [0.3, 0.4) is 0 Å². The molecule has 1 aromatic carbocycles. The summed E-state index contributed by atoms with van der Waals surface area (Å²) in [4.78, 5) is 10.6. The van der Waals surface area contributed by atoms with E-state index in [-0.39, 0.29) is 5.56 Å². The molecule has 5 heteroatoms. The maximum atomic E-state index is 13.1. The van der Waals surface area contributed by atoms with Crippen LogP contribution in [0, 0.1) is 5.82 Å². The first-order valence-corrected chi connectivity index (χ1v) is 5.53. The molecule has 0 amide bonds. The number of halogens is 1. The lowest BCUT2D eigenvalue weighted by atomic mass is 10.2. The number of carbonyl (C=O) groups is 1. The number of aromatic nitrogens is 2. The van der Waals surface area contributed by atoms with Crippen LogP contribution in [0.1, 0.15) is 15.9 Å². The molecule has 0 aliphatic rings. The Labute approximate surface area is 104 Å². The number of nitrogens with zero attached hydrogens (tertiary/aromatic N) is 2. The molecule has 4 nitrogen and oxygen atoms in total. The van der Waals surface area contributed by atoms with E-state index in [1.165, 1.54) is 18.2 Å². The summed E-state index contributed by atoms with van der Waals surface area (Å²) in [5.74, 6) is -0.114. The Kier molecular flexibility index (Phi) is 3.72. The summed E-state index contributed by atoms with van der Waals surface area (Å²) < 4.78 is 20.2. The molecule has 0 aliphatic heterocycles. The van der Waals surface area contributed by atoms with E-state index in [9.17, 15) is 9.18 Å². The summed E-state index contributed by atoms with van der Waals surface area (Å²) in [6, 6.07) is 3.94. The SMILES string of the molecule is Cn1cc(CCOc2cc(F)cc(C=O)c2)cn1. The van der Waals surface area contributed by atoms with Crippen molar-refractivity contribution >= 4 is 6.29 Å². The zero-order valence-corrected chi connectivity index (χ0v) is 9.97. The van der Waals surface area contributed by atoms with E-state index in [4.69, 9.17) is 4.74 Å². The number of aryl methyl sites for hydroxylation is 1. The van der Waals surface area contributed by atoms with Gasteiger partial charge in [0.15, 0.2) is 0 Å². The van der Waals surface area contributed by atoms with E-state index in [1.807, 2.05) is 13.2 Å². The van der Waals surface area contributed by atoms with E-state index in [2.05, 4.69) is 5.10 Å². The fraction of sp³-hybridized carbons (Fsp3) is 0.231. The van der Waals surface area contributed by atoms with Crippen molar-refractivity contribution in [2.24, 2.45) is 7.05 Å². The van der Waals surface area contributed by atoms with Crippen LogP contribution in [0.2, 0.25) is 0 Å². The minimum atomic E-state index is -0.476. The molecule has 0 N–H and O–H groups in total. The molecule has 1 aromatic heterocycles. The highest BCUT2D eigenvalue weighted by Gasteiger charge is 2.02. The highest BCUT2D eigenvalue weighted by Crippen LogP contribution is 2.15. The molecular formula is C13H13FN2O2. The Hall–Kier alpha value is -2.17. The first-order valence-electron chi connectivity index (χ1n) is 5.53. The summed E-state index contributed by atoms with van der Waals surface area (Å²) >= 11 is 0. The zero-order valence-electron chi connectivity index (χ0n) is 9.97. The summed E-state index contributed by atoms with van der Waals surface area (Å²) in [5.41, 5.74) is 1.32. The smallest absolute Gasteiger partial charge is 0.150 e. The fourth-order valence-corrected chi connectivity index (χ4v) is 1.62. The van der Waals surface area contributed by atoms with Crippen molar-refractivity contribution in [3.8, 4) is 5.75 Å². The third-order valence-electron chi connectivity index (χ3n) is 2.45. The van der Waals surface area contributed by atoms with E-state index >= 15 is 0 Å². The molecule has 94 valence electrons. The van der Waals surface area contributed by atoms with Gasteiger partial charge < -0.3 is 4.74 Å². The van der Waals surface area contributed by atoms with Crippen LogP contribution in [0.4, 0.5) is 4.39 Å². The normalized spacial score (nSPS) is 10.3. The molecule has 0 atom stereocenters. The first kappa shape index (κ1) is 12.3. The van der Waals surface area contributed by atoms with Crippen LogP contribution in [-0.4, -0.2) is 22.7 Å². The molecule has 0 saturated heterocycles. The van der Waals surface area contributed by atoms with Crippen molar-refractivity contribution in [1.82, 2.24) is 9.78 Å². The van der Waals surface area contributed by atoms with E-state index < -0.39 is 5.82 Å². The van der Waals surface area contributed by atoms with E-state index in [0.717, 1.165) is 5.56 Å². The first-order chi connectivity index (χ1) is 8.67. The van der Waals surface area contributed by atoms with Crippen molar-refractivity contribution in [1.29, 1.82) is 0 Å². The molecule has 0 fully saturated rings. The monoisotopic (exact) mass is 248 g/mol. The number of hydrogen-bond donors (Lipinski definition) is 0. The molecule has 18 heavy (non-hydrogen) atoms. The van der Waals surface area contributed by atoms with Gasteiger partial charge >= 0.3 is 0 Å². The Bertz CT molecular complexity index is 552. The minimum absolute atomic E-state index is 0.270. The Balaban J connectivity index is 1.93. The lowest BCUT2D eigenvalue weighted by Crippen LogP contribution is -2.01. The molecule has 0 bridgehead atoms. The number of aldehydes is 1. The van der Waals surface area contributed by atoms with Gasteiger partial charge in [0.05, 0.1) is 12.8 Å². The second-order valence-corrected chi connectivity index (χ2v) is 3.96. The summed E-state index contributed by atoms with van der Waals surface area (Å²) in [7, 11) is 1.84. The van der Waals surface area contributed by atoms with E-state index in [1.54, 1.807) is 10.9 Å². The fourth-order valence-electron chi connectivity index (χ4n) is 1.62. The van der Waals surface area contributed by atoms with Gasteiger partial charge in [-0.3, -0.25) is 9.48 Å². The van der Waals surface area contributed by atoms with Gasteiger partial charge in [-0.15, -0.1) is 0 Å². The van der Waals surface area contributed by atoms with Crippen molar-refractivity contribution in [2.45, 2.75) is 6.42 Å². The quantitative estimate of drug-likeness (QED) is 0.760. The molecular weight excluding hydrogens is 235 g/mol. The summed E-state index contributed by atoms with van der Waals surface area (Å²) in [6.07, 6.45) is 4.93. The average Bonchev–Trinajstić information content (AvgIpc) is 2.74. The Morgan fingerprint density at radius 3 is 2.94 bits per heavy atom. The van der Waals surface area contributed by atoms with Crippen LogP contribution < -0.4 is 4.74 Å². The van der Waals surface area contributed by atoms with Gasteiger partial charge in [-0.1, -0.05) is 0 Å². The van der Waals surface area contributed by atoms with Crippen molar-refractivity contribution in [3.05, 3.63) is 47.5 Å². The molecule has 0 aliphatic carbocycles. The van der Waals surface area contributed by atoms with Crippen LogP contribution in [0.25, 0.3) is 0 Å². The van der Waals surface area contributed by atoms with Gasteiger partial charge in [-0.05, 0) is 17.7 Å². The van der Waals surface area contributed by atoms with Gasteiger partial charge in [0, 0.05) is 31.3 Å². The largest absolute Gasteiger partial charge is 0.493 e. The molecule has 2 rings (SSSR count). The Morgan fingerprint density at radius 2 is 2.28 bits per heavy atom. The van der Waals surface area contributed by atoms with E-state index in [0.29, 0.717) is 25.1 Å². The number of hydrogen-bond acceptors (Lipinski definition) is 3. The highest BCUT2D eigenvalue weighted by molar-refractivity contribution is 5.75. The number of ether oxygens (including phenoxy) is 1. The molecule has 0 spiro atoms. The van der Waals surface area contributed by atoms with Crippen molar-refractivity contribution < 1.29 is 13.9 Å². The van der Waals surface area contributed by atoms with Gasteiger partial charge in [-0.2, -0.15) is 5.10 Å². The van der Waals surface area contributed by atoms with Crippen LogP contribution in [-0.2, 0) is 13.5 Å². The molecule has 1 heterocycles. The van der Waals surface area contributed by atoms with Gasteiger partial charge in [0.1, 0.15) is 17.9 Å². The van der Waals surface area contributed by atoms with Crippen molar-refractivity contribution in [3.63, 3.8) is 0 Å². The van der Waals surface area contributed by atoms with Crippen LogP contribution >= 0.6 is 0 Å². The predicted molar refractivity (Wildman–Crippen MR) is 64.2 cm³/mol. The Morgan fingerprint density at radius 1 is 1.44 bits per heavy atom. The second kappa shape index (κ2) is 5.44. The molecule has 2 aromatic rings. The molecule has 0 unspecified atom stereocenters. The van der Waals surface area contributed by atoms with Gasteiger partial charge in [0.25, 0.3) is 0 Å². The third-order valence-corrected chi connectivity index (χ3v) is 2.45. The zero-order chi connectivity index (χ0) is 13.0. The van der Waals surface area contributed by atoms with Crippen LogP contribution in [0.15, 0.2) is 30.6 Å². The molecule has 0 saturated carbocycles. The summed E-state index contributed by atoms with van der Waals surface area (Å²) in [5, 5.41) is 4.04. The number of benzene rings is 1. The third kappa shape index (κ3) is 3.16. The standard InChI is InChI=1S/C13H13FN2O2/c1-16-8-10(7-15-16)2-3-18-13-5-11(9-17)4-12(14)6-13/h4-9H,2-3H2,1H3. The lowest BCUT2D eigenvalue weighted by molar-refractivity contribution is 0.112. The highest BCUT2D eigenvalue weighted by atomic mass is 19.1. The summed E-state index contributed by atoms with van der Waals surface area (Å²) in [6.45, 7) is 0.410. The van der Waals surface area contributed by atoms with Crippen molar-refractivity contribution in [2.75, 3.05) is 6.61 Å². The second-order valence-electron chi connectivity index (χ2n) is 3.96. The predicted octanol–water partition coefficient (Wildman–Crippen LogP) is 1.99. The maximum Gasteiger partial charge on any atom is 0.150 e. The van der Waals surface area contributed by atoms with Gasteiger partial charge in [-0.25, -0.2) is 4.39 Å². The van der Waals surface area contributed by atoms with Gasteiger partial charge in [0.2, 0.25) is 0 Å². The maximum absolute atomic E-state index is 13.1. The lowest BCUT2D eigenvalue weighted by Gasteiger charge is -2.05. The number of rotatable bonds is 5. The van der Waals surface area contributed by atoms with Crippen LogP contribution in [0.5, 0.6) is 5.75 Å². The topological polar surface area (TPSA) is 44.1 Å². The minimum Gasteiger partial charge on any atom is -0.493 e. The average molecular weight is 248 g/mol.